The van der Waals surface area contributed by atoms with Crippen LogP contribution in [0.1, 0.15) is 46.8 Å². The third kappa shape index (κ3) is 2.74. The Labute approximate surface area is 161 Å². The van der Waals surface area contributed by atoms with Crippen molar-refractivity contribution in [3.8, 4) is 0 Å². The standard InChI is InChI=1S/C22H29N3S/c1-3-19-20(26-15(2)23-19)14-25-13-18(16-7-5-4-6-8-16)22-21(25)17-9-11-24(22)12-10-17/h4-8,17-18,21-22H,3,9-14H2,1-2H3/t18-,21+,22+/m0/s1. The summed E-state index contributed by atoms with van der Waals surface area (Å²) in [5.74, 6) is 1.54. The van der Waals surface area contributed by atoms with Crippen LogP contribution in [0.5, 0.6) is 0 Å². The first kappa shape index (κ1) is 16.9. The molecule has 4 heteroatoms. The van der Waals surface area contributed by atoms with Gasteiger partial charge in [0.15, 0.2) is 0 Å². The van der Waals surface area contributed by atoms with Gasteiger partial charge in [0.2, 0.25) is 0 Å². The van der Waals surface area contributed by atoms with Crippen LogP contribution in [0.2, 0.25) is 0 Å². The maximum Gasteiger partial charge on any atom is 0.0900 e. The zero-order valence-corrected chi connectivity index (χ0v) is 16.7. The molecule has 0 unspecified atom stereocenters. The van der Waals surface area contributed by atoms with Gasteiger partial charge in [-0.05, 0) is 50.8 Å². The third-order valence-electron chi connectivity index (χ3n) is 6.89. The molecular weight excluding hydrogens is 338 g/mol. The zero-order chi connectivity index (χ0) is 17.7. The van der Waals surface area contributed by atoms with Crippen molar-refractivity contribution in [2.75, 3.05) is 19.6 Å². The van der Waals surface area contributed by atoms with Gasteiger partial charge in [0.1, 0.15) is 0 Å². The van der Waals surface area contributed by atoms with Crippen molar-refractivity contribution < 1.29 is 0 Å². The fourth-order valence-corrected chi connectivity index (χ4v) is 6.86. The van der Waals surface area contributed by atoms with Gasteiger partial charge in [-0.15, -0.1) is 11.3 Å². The third-order valence-corrected chi connectivity index (χ3v) is 7.89. The summed E-state index contributed by atoms with van der Waals surface area (Å²) >= 11 is 1.92. The summed E-state index contributed by atoms with van der Waals surface area (Å²) in [6.07, 6.45) is 3.84. The van der Waals surface area contributed by atoms with E-state index in [-0.39, 0.29) is 0 Å². The highest BCUT2D eigenvalue weighted by Crippen LogP contribution is 2.47. The van der Waals surface area contributed by atoms with E-state index in [1.165, 1.54) is 53.6 Å². The molecule has 138 valence electrons. The summed E-state index contributed by atoms with van der Waals surface area (Å²) in [4.78, 5) is 11.9. The molecule has 0 amide bonds. The summed E-state index contributed by atoms with van der Waals surface area (Å²) in [6, 6.07) is 12.7. The SMILES string of the molecule is CCc1nc(C)sc1CN1C[C@@H](c2ccccc2)[C@@H]2[C@H]1C1CCN2CC1. The van der Waals surface area contributed by atoms with Gasteiger partial charge in [-0.1, -0.05) is 37.3 Å². The Balaban J connectivity index is 1.48. The Morgan fingerprint density at radius 1 is 1.12 bits per heavy atom. The predicted molar refractivity (Wildman–Crippen MR) is 108 cm³/mol. The van der Waals surface area contributed by atoms with Crippen molar-refractivity contribution >= 4 is 11.3 Å². The molecule has 26 heavy (non-hydrogen) atoms. The minimum atomic E-state index is 0.656. The van der Waals surface area contributed by atoms with E-state index in [0.29, 0.717) is 12.0 Å². The number of piperidine rings is 3. The molecule has 1 aromatic heterocycles. The van der Waals surface area contributed by atoms with Crippen LogP contribution in [-0.4, -0.2) is 46.5 Å². The molecular formula is C22H29N3S. The minimum absolute atomic E-state index is 0.656. The van der Waals surface area contributed by atoms with Gasteiger partial charge in [0, 0.05) is 36.0 Å². The Kier molecular flexibility index (Phi) is 4.38. The van der Waals surface area contributed by atoms with E-state index in [4.69, 9.17) is 4.98 Å². The number of aryl methyl sites for hydroxylation is 2. The molecule has 0 aliphatic carbocycles. The molecule has 0 saturated carbocycles. The Bertz CT molecular complexity index is 763. The Morgan fingerprint density at radius 2 is 1.88 bits per heavy atom. The summed E-state index contributed by atoms with van der Waals surface area (Å²) in [6.45, 7) is 9.31. The van der Waals surface area contributed by atoms with Gasteiger partial charge >= 0.3 is 0 Å². The highest BCUT2D eigenvalue weighted by Gasteiger charge is 2.53. The van der Waals surface area contributed by atoms with Crippen molar-refractivity contribution in [2.24, 2.45) is 5.92 Å². The van der Waals surface area contributed by atoms with E-state index in [0.717, 1.165) is 24.9 Å². The molecule has 3 atom stereocenters. The van der Waals surface area contributed by atoms with E-state index in [2.05, 4.69) is 54.0 Å². The smallest absolute Gasteiger partial charge is 0.0900 e. The first-order valence-electron chi connectivity index (χ1n) is 10.2. The summed E-state index contributed by atoms with van der Waals surface area (Å²) in [5.41, 5.74) is 2.86. The maximum atomic E-state index is 4.78. The average Bonchev–Trinajstić information content (AvgIpc) is 3.25. The van der Waals surface area contributed by atoms with Crippen LogP contribution in [0.25, 0.3) is 0 Å². The lowest BCUT2D eigenvalue weighted by molar-refractivity contribution is -0.00851. The van der Waals surface area contributed by atoms with Crippen LogP contribution < -0.4 is 0 Å². The average molecular weight is 368 g/mol. The molecule has 0 spiro atoms. The summed E-state index contributed by atoms with van der Waals surface area (Å²) in [7, 11) is 0. The first-order valence-corrected chi connectivity index (χ1v) is 11.0. The Morgan fingerprint density at radius 3 is 2.62 bits per heavy atom. The van der Waals surface area contributed by atoms with Crippen LogP contribution in [0.3, 0.4) is 0 Å². The second-order valence-electron chi connectivity index (χ2n) is 8.26. The number of rotatable bonds is 4. The molecule has 4 fully saturated rings. The lowest BCUT2D eigenvalue weighted by atomic mass is 9.75. The predicted octanol–water partition coefficient (Wildman–Crippen LogP) is 4.08. The molecule has 6 rings (SSSR count). The van der Waals surface area contributed by atoms with E-state index >= 15 is 0 Å². The maximum absolute atomic E-state index is 4.78. The van der Waals surface area contributed by atoms with Crippen LogP contribution in [0, 0.1) is 12.8 Å². The van der Waals surface area contributed by atoms with Crippen LogP contribution >= 0.6 is 11.3 Å². The zero-order valence-electron chi connectivity index (χ0n) is 15.9. The van der Waals surface area contributed by atoms with Gasteiger partial charge in [0.25, 0.3) is 0 Å². The highest BCUT2D eigenvalue weighted by molar-refractivity contribution is 7.11. The molecule has 0 radical (unpaired) electrons. The molecule has 4 aliphatic heterocycles. The molecule has 3 nitrogen and oxygen atoms in total. The van der Waals surface area contributed by atoms with Crippen LogP contribution in [0.15, 0.2) is 30.3 Å². The van der Waals surface area contributed by atoms with Crippen LogP contribution in [0.4, 0.5) is 0 Å². The number of aromatic nitrogens is 1. The van der Waals surface area contributed by atoms with E-state index in [1.807, 2.05) is 11.3 Å². The van der Waals surface area contributed by atoms with Crippen molar-refractivity contribution in [3.63, 3.8) is 0 Å². The number of fused-ring (bicyclic) bond motifs is 2. The molecule has 2 aromatic rings. The second-order valence-corrected chi connectivity index (χ2v) is 9.55. The van der Waals surface area contributed by atoms with Crippen molar-refractivity contribution in [1.29, 1.82) is 0 Å². The molecule has 5 heterocycles. The van der Waals surface area contributed by atoms with E-state index in [1.54, 1.807) is 0 Å². The molecule has 4 saturated heterocycles. The van der Waals surface area contributed by atoms with Gasteiger partial charge < -0.3 is 0 Å². The van der Waals surface area contributed by atoms with Gasteiger partial charge in [0.05, 0.1) is 10.7 Å². The number of likely N-dealkylation sites (tertiary alicyclic amines) is 1. The molecule has 0 N–H and O–H groups in total. The highest BCUT2D eigenvalue weighted by atomic mass is 32.1. The molecule has 4 aliphatic rings. The Hall–Kier alpha value is -1.23. The first-order chi connectivity index (χ1) is 12.7. The van der Waals surface area contributed by atoms with Crippen molar-refractivity contribution in [1.82, 2.24) is 14.8 Å². The lowest BCUT2D eigenvalue weighted by Gasteiger charge is -2.51. The van der Waals surface area contributed by atoms with E-state index in [9.17, 15) is 0 Å². The number of hydrogen-bond donors (Lipinski definition) is 0. The normalized spacial score (nSPS) is 33.5. The number of thiazole rings is 1. The van der Waals surface area contributed by atoms with Crippen molar-refractivity contribution in [2.45, 2.75) is 57.7 Å². The molecule has 2 bridgehead atoms. The minimum Gasteiger partial charge on any atom is -0.298 e. The molecule has 1 aromatic carbocycles. The second kappa shape index (κ2) is 6.74. The van der Waals surface area contributed by atoms with Gasteiger partial charge in [-0.25, -0.2) is 4.98 Å². The van der Waals surface area contributed by atoms with E-state index < -0.39 is 0 Å². The fraction of sp³-hybridized carbons (Fsp3) is 0.591. The number of hydrogen-bond acceptors (Lipinski definition) is 4. The lowest BCUT2D eigenvalue weighted by Crippen LogP contribution is -2.59. The fourth-order valence-electron chi connectivity index (χ4n) is 5.81. The summed E-state index contributed by atoms with van der Waals surface area (Å²) < 4.78 is 0. The van der Waals surface area contributed by atoms with Gasteiger partial charge in [-0.2, -0.15) is 0 Å². The topological polar surface area (TPSA) is 19.4 Å². The van der Waals surface area contributed by atoms with Gasteiger partial charge in [-0.3, -0.25) is 9.80 Å². The number of nitrogens with zero attached hydrogens (tertiary/aromatic N) is 3. The van der Waals surface area contributed by atoms with Crippen molar-refractivity contribution in [3.05, 3.63) is 51.5 Å². The largest absolute Gasteiger partial charge is 0.298 e. The van der Waals surface area contributed by atoms with Crippen LogP contribution in [-0.2, 0) is 13.0 Å². The summed E-state index contributed by atoms with van der Waals surface area (Å²) in [5, 5.41) is 1.22. The quantitative estimate of drug-likeness (QED) is 0.812. The number of benzene rings is 1. The monoisotopic (exact) mass is 367 g/mol.